The fourth-order valence-electron chi connectivity index (χ4n) is 10.2. The second-order valence-corrected chi connectivity index (χ2v) is 24.2. The van der Waals surface area contributed by atoms with E-state index >= 15 is 0 Å². The fraction of sp³-hybridized carbons (Fsp3) is 0.867. The summed E-state index contributed by atoms with van der Waals surface area (Å²) < 4.78 is 63.3. The Hall–Kier alpha value is -4.44. The lowest BCUT2D eigenvalue weighted by atomic mass is 9.95. The molecule has 93 heavy (non-hydrogen) atoms. The van der Waals surface area contributed by atoms with Crippen LogP contribution in [0.4, 0.5) is 0 Å². The number of hydrogen-bond donors (Lipinski definition) is 14. The third-order valence-electron chi connectivity index (χ3n) is 16.1. The highest BCUT2D eigenvalue weighted by atomic mass is 16.8. The van der Waals surface area contributed by atoms with Crippen LogP contribution >= 0.6 is 0 Å². The molecule has 0 aromatic rings. The van der Waals surface area contributed by atoms with Crippen molar-refractivity contribution < 1.29 is 136 Å². The molecule has 0 aromatic heterocycles. The van der Waals surface area contributed by atoms with Gasteiger partial charge in [0, 0.05) is 101 Å². The normalized spacial score (nSPS) is 31.3. The van der Waals surface area contributed by atoms with Gasteiger partial charge in [-0.1, -0.05) is 54.4 Å². The first-order valence-corrected chi connectivity index (χ1v) is 32.1. The summed E-state index contributed by atoms with van der Waals surface area (Å²) in [6.07, 6.45) is -20.1. The van der Waals surface area contributed by atoms with E-state index in [4.69, 9.17) is 52.1 Å². The van der Waals surface area contributed by atoms with E-state index in [0.29, 0.717) is 12.5 Å². The Morgan fingerprint density at radius 3 is 1.25 bits per heavy atom. The number of unbranched alkanes of at least 4 members (excludes halogenated alkanes) is 1. The van der Waals surface area contributed by atoms with Crippen LogP contribution in [-0.2, 0) is 90.5 Å². The number of carbonyl (C=O) groups is 8. The Labute approximate surface area is 541 Å². The lowest BCUT2D eigenvalue weighted by Gasteiger charge is -2.44. The zero-order valence-corrected chi connectivity index (χ0v) is 54.1. The molecular formula is C60H103N5O28. The Bertz CT molecular complexity index is 2280. The van der Waals surface area contributed by atoms with Gasteiger partial charge in [0.15, 0.2) is 50.3 Å². The van der Waals surface area contributed by atoms with Crippen molar-refractivity contribution in [3.05, 3.63) is 0 Å². The molecule has 33 heteroatoms. The number of aliphatic hydroxyl groups excluding tert-OH is 9. The van der Waals surface area contributed by atoms with Crippen LogP contribution in [0.1, 0.15) is 131 Å². The molecule has 4 saturated heterocycles. The van der Waals surface area contributed by atoms with Gasteiger partial charge < -0.3 is 125 Å². The van der Waals surface area contributed by atoms with E-state index < -0.39 is 159 Å². The van der Waals surface area contributed by atoms with Crippen LogP contribution in [0.2, 0.25) is 0 Å². The zero-order chi connectivity index (χ0) is 68.7. The van der Waals surface area contributed by atoms with Crippen LogP contribution < -0.4 is 26.6 Å². The summed E-state index contributed by atoms with van der Waals surface area (Å²) >= 11 is 0. The minimum absolute atomic E-state index is 0.00622. The van der Waals surface area contributed by atoms with Gasteiger partial charge in [-0.15, -0.1) is 0 Å². The van der Waals surface area contributed by atoms with Gasteiger partial charge in [-0.3, -0.25) is 38.4 Å². The second-order valence-electron chi connectivity index (χ2n) is 24.2. The van der Waals surface area contributed by atoms with E-state index in [9.17, 15) is 84.3 Å². The highest BCUT2D eigenvalue weighted by molar-refractivity contribution is 5.96. The zero-order valence-electron chi connectivity index (χ0n) is 54.1. The third-order valence-corrected chi connectivity index (χ3v) is 16.1. The van der Waals surface area contributed by atoms with Crippen molar-refractivity contribution in [2.75, 3.05) is 72.6 Å². The van der Waals surface area contributed by atoms with Crippen LogP contribution in [0.15, 0.2) is 0 Å². The van der Waals surface area contributed by atoms with Crippen molar-refractivity contribution in [1.29, 1.82) is 0 Å². The van der Waals surface area contributed by atoms with Crippen LogP contribution in [0.3, 0.4) is 0 Å². The van der Waals surface area contributed by atoms with Gasteiger partial charge in [0.2, 0.25) is 29.5 Å². The molecule has 5 amide bonds. The SMILES string of the molecule is CC(C)CCCCNC(=O)CC(=O)NCCOC1OC(OCCC(=O)NCCC(=O)CCOC2OC(O)C(O)[C@H](O)[C@@H]2C)C(OCCC(=O)NCCC(=O)NCOC2OC(O)C(O)[C@H](O)[C@@H]2C)[C@H](OCCC(=O)CCCC(=O)CCOC2OC(O)C(O)[C@H](O)[C@@H]2C)[C@@H]1C. The van der Waals surface area contributed by atoms with Gasteiger partial charge in [-0.2, -0.15) is 0 Å². The van der Waals surface area contributed by atoms with Gasteiger partial charge >= 0.3 is 0 Å². The predicted molar refractivity (Wildman–Crippen MR) is 318 cm³/mol. The van der Waals surface area contributed by atoms with Crippen LogP contribution in [0.5, 0.6) is 0 Å². The molecule has 12 unspecified atom stereocenters. The summed E-state index contributed by atoms with van der Waals surface area (Å²) in [6.45, 7) is 9.24. The van der Waals surface area contributed by atoms with Crippen LogP contribution in [0, 0.1) is 29.6 Å². The molecule has 4 fully saturated rings. The number of rotatable bonds is 44. The highest BCUT2D eigenvalue weighted by Gasteiger charge is 2.48. The fourth-order valence-corrected chi connectivity index (χ4v) is 10.2. The molecule has 33 nitrogen and oxygen atoms in total. The quantitative estimate of drug-likeness (QED) is 0.0161. The number of ketones is 3. The molecule has 536 valence electrons. The van der Waals surface area contributed by atoms with E-state index in [1.807, 2.05) is 0 Å². The first-order chi connectivity index (χ1) is 44.2. The Morgan fingerprint density at radius 1 is 0.344 bits per heavy atom. The first-order valence-electron chi connectivity index (χ1n) is 32.1. The lowest BCUT2D eigenvalue weighted by molar-refractivity contribution is -0.347. The summed E-state index contributed by atoms with van der Waals surface area (Å²) in [7, 11) is 0. The Kier molecular flexibility index (Phi) is 37.4. The summed E-state index contributed by atoms with van der Waals surface area (Å²) in [4.78, 5) is 103. The maximum Gasteiger partial charge on any atom is 0.229 e. The molecular weight excluding hydrogens is 1240 g/mol. The minimum Gasteiger partial charge on any atom is -0.390 e. The molecule has 0 bridgehead atoms. The standard InChI is InChI=1S/C60H103N5O28/c1-32(2)10-7-8-20-61-43(72)30-44(73)64-23-29-88-59-36(6)51(83-24-15-37(66)11-9-12-38(67)16-25-85-56-33(3)45(74)48(77)53(80)90-56)52(84-27-18-41(70)63-22-14-40(69)65-31-89-58-35(5)47(76)50(79)55(82)92-58)60(93-59)87-28-19-42(71)62-21-13-39(68)17-26-86-57-34(4)46(75)49(78)54(81)91-57/h32-36,45-60,74-82H,7-31H2,1-6H3,(H,61,72)(H,62,71)(H,63,70)(H,64,73)(H,65,69)/t33-,34-,35-,36-,45+,46+,47+,48?,49?,50?,51+,52?,53?,54?,55?,56?,57?,58?,59?,60?/m0/s1. The average molecular weight is 1340 g/mol. The van der Waals surface area contributed by atoms with E-state index in [-0.39, 0.29) is 148 Å². The summed E-state index contributed by atoms with van der Waals surface area (Å²) in [6, 6.07) is 0. The minimum atomic E-state index is -1.71. The van der Waals surface area contributed by atoms with Gasteiger partial charge in [0.05, 0.1) is 70.5 Å². The maximum absolute atomic E-state index is 13.2. The van der Waals surface area contributed by atoms with Crippen LogP contribution in [-0.4, -0.2) is 265 Å². The molecule has 4 aliphatic heterocycles. The molecule has 14 N–H and O–H groups in total. The largest absolute Gasteiger partial charge is 0.390 e. The van der Waals surface area contributed by atoms with Gasteiger partial charge in [-0.25, -0.2) is 0 Å². The molecule has 0 aliphatic carbocycles. The third kappa shape index (κ3) is 29.0. The monoisotopic (exact) mass is 1340 g/mol. The van der Waals surface area contributed by atoms with Crippen LogP contribution in [0.25, 0.3) is 0 Å². The highest BCUT2D eigenvalue weighted by Crippen LogP contribution is 2.33. The van der Waals surface area contributed by atoms with E-state index in [1.165, 1.54) is 6.92 Å². The van der Waals surface area contributed by atoms with Crippen molar-refractivity contribution >= 4 is 46.9 Å². The maximum atomic E-state index is 13.2. The number of carbonyl (C=O) groups excluding carboxylic acids is 8. The molecule has 0 saturated carbocycles. The topological polar surface area (TPSA) is 480 Å². The van der Waals surface area contributed by atoms with Crippen molar-refractivity contribution in [2.24, 2.45) is 29.6 Å². The number of hydrogen-bond acceptors (Lipinski definition) is 28. The average Bonchev–Trinajstić information content (AvgIpc) is 0.869. The summed E-state index contributed by atoms with van der Waals surface area (Å²) in [5, 5.41) is 103. The Morgan fingerprint density at radius 2 is 0.731 bits per heavy atom. The number of aliphatic hydroxyl groups is 9. The predicted octanol–water partition coefficient (Wildman–Crippen LogP) is -3.38. The molecule has 0 radical (unpaired) electrons. The van der Waals surface area contributed by atoms with Crippen molar-refractivity contribution in [1.82, 2.24) is 26.6 Å². The Balaban J connectivity index is 1.37. The molecule has 0 aromatic carbocycles. The number of nitrogens with one attached hydrogen (secondary N) is 5. The van der Waals surface area contributed by atoms with Crippen molar-refractivity contribution in [3.63, 3.8) is 0 Å². The second kappa shape index (κ2) is 43.0. The lowest BCUT2D eigenvalue weighted by Crippen LogP contribution is -2.57. The van der Waals surface area contributed by atoms with Crippen molar-refractivity contribution in [2.45, 2.75) is 231 Å². The van der Waals surface area contributed by atoms with Gasteiger partial charge in [0.1, 0.15) is 54.9 Å². The van der Waals surface area contributed by atoms with Gasteiger partial charge in [0.25, 0.3) is 0 Å². The van der Waals surface area contributed by atoms with Gasteiger partial charge in [-0.05, 0) is 18.8 Å². The van der Waals surface area contributed by atoms with Crippen molar-refractivity contribution in [3.8, 4) is 0 Å². The van der Waals surface area contributed by atoms with E-state index in [2.05, 4.69) is 40.4 Å². The van der Waals surface area contributed by atoms with E-state index in [1.54, 1.807) is 20.8 Å². The summed E-state index contributed by atoms with van der Waals surface area (Å²) in [5.41, 5.74) is 0. The smallest absolute Gasteiger partial charge is 0.229 e. The molecule has 20 atom stereocenters. The first kappa shape index (κ1) is 81.0. The molecule has 4 rings (SSSR count). The molecule has 0 spiro atoms. The summed E-state index contributed by atoms with van der Waals surface area (Å²) in [5.74, 6) is -5.68. The molecule has 4 heterocycles. The number of Topliss-reactive ketones (excluding diaryl/α,β-unsaturated/α-hetero) is 3. The number of ether oxygens (including phenoxy) is 11. The molecule has 4 aliphatic rings. The van der Waals surface area contributed by atoms with E-state index in [0.717, 1.165) is 19.3 Å². The number of amides is 5.